The van der Waals surface area contributed by atoms with Gasteiger partial charge in [0.25, 0.3) is 0 Å². The summed E-state index contributed by atoms with van der Waals surface area (Å²) in [6.07, 6.45) is 1.83. The highest BCUT2D eigenvalue weighted by Gasteiger charge is 2.14. The van der Waals surface area contributed by atoms with Crippen LogP contribution in [-0.4, -0.2) is 12.1 Å². The molecule has 0 unspecified atom stereocenters. The maximum absolute atomic E-state index is 5.88. The number of aromatic nitrogens is 1. The third kappa shape index (κ3) is 3.20. The maximum atomic E-state index is 5.88. The minimum atomic E-state index is 0.0700. The molecule has 0 atom stereocenters. The van der Waals surface area contributed by atoms with Crippen LogP contribution in [0.5, 0.6) is 17.4 Å². The smallest absolute Gasteiger partial charge is 0.219 e. The molecule has 2 aromatic rings. The molecule has 0 saturated carbocycles. The van der Waals surface area contributed by atoms with Crippen molar-refractivity contribution in [3.8, 4) is 17.4 Å². The van der Waals surface area contributed by atoms with Crippen LogP contribution in [0.2, 0.25) is 0 Å². The maximum Gasteiger partial charge on any atom is 0.219 e. The van der Waals surface area contributed by atoms with Crippen LogP contribution >= 0.6 is 0 Å². The number of hydrogen-bond donors (Lipinski definition) is 1. The quantitative estimate of drug-likeness (QED) is 0.864. The molecule has 1 heterocycles. The molecular formula is C16H20N2O2. The molecule has 0 aliphatic rings. The lowest BCUT2D eigenvalue weighted by molar-refractivity contribution is 0.408. The number of ether oxygens (including phenoxy) is 2. The van der Waals surface area contributed by atoms with Crippen molar-refractivity contribution in [2.45, 2.75) is 26.2 Å². The summed E-state index contributed by atoms with van der Waals surface area (Å²) in [5.41, 5.74) is 7.66. The van der Waals surface area contributed by atoms with E-state index in [0.717, 1.165) is 5.56 Å². The van der Waals surface area contributed by atoms with Crippen molar-refractivity contribution >= 4 is 5.69 Å². The first-order valence-electron chi connectivity index (χ1n) is 6.48. The molecule has 4 heteroatoms. The first-order chi connectivity index (χ1) is 9.40. The van der Waals surface area contributed by atoms with Gasteiger partial charge in [-0.15, -0.1) is 0 Å². The highest BCUT2D eigenvalue weighted by atomic mass is 16.5. The average Bonchev–Trinajstić information content (AvgIpc) is 2.41. The van der Waals surface area contributed by atoms with Gasteiger partial charge in [-0.1, -0.05) is 26.8 Å². The Bertz CT molecular complexity index is 586. The second-order valence-corrected chi connectivity index (χ2v) is 5.64. The van der Waals surface area contributed by atoms with E-state index in [-0.39, 0.29) is 5.41 Å². The van der Waals surface area contributed by atoms with Gasteiger partial charge in [0, 0.05) is 18.3 Å². The van der Waals surface area contributed by atoms with E-state index in [4.69, 9.17) is 15.2 Å². The first-order valence-corrected chi connectivity index (χ1v) is 6.48. The largest absolute Gasteiger partial charge is 0.497 e. The van der Waals surface area contributed by atoms with E-state index >= 15 is 0 Å². The summed E-state index contributed by atoms with van der Waals surface area (Å²) in [4.78, 5) is 4.32. The SMILES string of the molecule is COc1ccc(N)c(Oc2ccc(C(C)(C)C)cn2)c1. The van der Waals surface area contributed by atoms with Crippen LogP contribution in [0.25, 0.3) is 0 Å². The van der Waals surface area contributed by atoms with E-state index in [9.17, 15) is 0 Å². The van der Waals surface area contributed by atoms with Gasteiger partial charge in [0.2, 0.25) is 5.88 Å². The van der Waals surface area contributed by atoms with Gasteiger partial charge >= 0.3 is 0 Å². The second-order valence-electron chi connectivity index (χ2n) is 5.64. The number of anilines is 1. The van der Waals surface area contributed by atoms with Crippen LogP contribution in [0.4, 0.5) is 5.69 Å². The number of rotatable bonds is 3. The van der Waals surface area contributed by atoms with Gasteiger partial charge in [-0.3, -0.25) is 0 Å². The van der Waals surface area contributed by atoms with E-state index in [1.54, 1.807) is 25.3 Å². The molecule has 0 fully saturated rings. The molecule has 0 aliphatic carbocycles. The van der Waals surface area contributed by atoms with Gasteiger partial charge in [0.05, 0.1) is 12.8 Å². The third-order valence-corrected chi connectivity index (χ3v) is 3.04. The highest BCUT2D eigenvalue weighted by molar-refractivity contribution is 5.56. The van der Waals surface area contributed by atoms with Gasteiger partial charge in [0.1, 0.15) is 5.75 Å². The van der Waals surface area contributed by atoms with E-state index in [1.807, 2.05) is 18.3 Å². The number of hydrogen-bond acceptors (Lipinski definition) is 4. The molecule has 106 valence electrons. The summed E-state index contributed by atoms with van der Waals surface area (Å²) in [7, 11) is 1.60. The van der Waals surface area contributed by atoms with Crippen molar-refractivity contribution in [3.63, 3.8) is 0 Å². The Labute approximate surface area is 119 Å². The highest BCUT2D eigenvalue weighted by Crippen LogP contribution is 2.31. The molecule has 20 heavy (non-hydrogen) atoms. The summed E-state index contributed by atoms with van der Waals surface area (Å²) in [5.74, 6) is 1.75. The lowest BCUT2D eigenvalue weighted by Gasteiger charge is -2.18. The second kappa shape index (κ2) is 5.41. The number of nitrogen functional groups attached to an aromatic ring is 1. The monoisotopic (exact) mass is 272 g/mol. The Balaban J connectivity index is 2.22. The molecule has 0 saturated heterocycles. The van der Waals surface area contributed by atoms with E-state index in [1.165, 1.54) is 0 Å². The van der Waals surface area contributed by atoms with Crippen LogP contribution < -0.4 is 15.2 Å². The van der Waals surface area contributed by atoms with Crippen molar-refractivity contribution in [3.05, 3.63) is 42.1 Å². The van der Waals surface area contributed by atoms with Gasteiger partial charge in [0.15, 0.2) is 5.75 Å². The number of nitrogens with zero attached hydrogens (tertiary/aromatic N) is 1. The Morgan fingerprint density at radius 3 is 2.40 bits per heavy atom. The van der Waals surface area contributed by atoms with Crippen LogP contribution in [0.1, 0.15) is 26.3 Å². The predicted molar refractivity (Wildman–Crippen MR) is 80.4 cm³/mol. The summed E-state index contributed by atoms with van der Waals surface area (Å²) in [6.45, 7) is 6.43. The Morgan fingerprint density at radius 1 is 1.10 bits per heavy atom. The zero-order valence-electron chi connectivity index (χ0n) is 12.3. The molecule has 0 bridgehead atoms. The molecule has 2 rings (SSSR count). The van der Waals surface area contributed by atoms with Gasteiger partial charge < -0.3 is 15.2 Å². The lowest BCUT2D eigenvalue weighted by atomic mass is 9.88. The Morgan fingerprint density at radius 2 is 1.85 bits per heavy atom. The topological polar surface area (TPSA) is 57.4 Å². The fourth-order valence-corrected chi connectivity index (χ4v) is 1.73. The van der Waals surface area contributed by atoms with Crippen LogP contribution in [-0.2, 0) is 5.41 Å². The van der Waals surface area contributed by atoms with Crippen LogP contribution in [0.15, 0.2) is 36.5 Å². The summed E-state index contributed by atoms with van der Waals surface area (Å²) in [5, 5.41) is 0. The predicted octanol–water partition coefficient (Wildman–Crippen LogP) is 3.76. The Hall–Kier alpha value is -2.23. The molecular weight excluding hydrogens is 252 g/mol. The van der Waals surface area contributed by atoms with Gasteiger partial charge in [-0.05, 0) is 23.1 Å². The minimum Gasteiger partial charge on any atom is -0.497 e. The van der Waals surface area contributed by atoms with E-state index in [2.05, 4.69) is 25.8 Å². The van der Waals surface area contributed by atoms with Crippen molar-refractivity contribution in [1.82, 2.24) is 4.98 Å². The van der Waals surface area contributed by atoms with Crippen molar-refractivity contribution < 1.29 is 9.47 Å². The average molecular weight is 272 g/mol. The minimum absolute atomic E-state index is 0.0700. The van der Waals surface area contributed by atoms with E-state index in [0.29, 0.717) is 23.1 Å². The normalized spacial score (nSPS) is 11.2. The standard InChI is InChI=1S/C16H20N2O2/c1-16(2,3)11-5-8-15(18-10-11)20-14-9-12(19-4)6-7-13(14)17/h5-10H,17H2,1-4H3. The number of pyridine rings is 1. The lowest BCUT2D eigenvalue weighted by Crippen LogP contribution is -2.11. The van der Waals surface area contributed by atoms with Crippen molar-refractivity contribution in [2.24, 2.45) is 0 Å². The molecule has 0 radical (unpaired) electrons. The first kappa shape index (κ1) is 14.2. The molecule has 0 amide bonds. The molecule has 4 nitrogen and oxygen atoms in total. The molecule has 1 aromatic heterocycles. The summed E-state index contributed by atoms with van der Waals surface area (Å²) < 4.78 is 10.9. The van der Waals surface area contributed by atoms with E-state index < -0.39 is 0 Å². The number of benzene rings is 1. The fraction of sp³-hybridized carbons (Fsp3) is 0.312. The van der Waals surface area contributed by atoms with Gasteiger partial charge in [-0.25, -0.2) is 4.98 Å². The van der Waals surface area contributed by atoms with Crippen LogP contribution in [0, 0.1) is 0 Å². The Kier molecular flexibility index (Phi) is 3.84. The number of nitrogens with two attached hydrogens (primary N) is 1. The van der Waals surface area contributed by atoms with Gasteiger partial charge in [-0.2, -0.15) is 0 Å². The summed E-state index contributed by atoms with van der Waals surface area (Å²) in [6, 6.07) is 9.14. The molecule has 2 N–H and O–H groups in total. The van der Waals surface area contributed by atoms with Crippen molar-refractivity contribution in [2.75, 3.05) is 12.8 Å². The third-order valence-electron chi connectivity index (χ3n) is 3.04. The molecule has 0 aliphatic heterocycles. The van der Waals surface area contributed by atoms with Crippen LogP contribution in [0.3, 0.4) is 0 Å². The summed E-state index contributed by atoms with van der Waals surface area (Å²) >= 11 is 0. The molecule has 0 spiro atoms. The van der Waals surface area contributed by atoms with Crippen molar-refractivity contribution in [1.29, 1.82) is 0 Å². The zero-order valence-corrected chi connectivity index (χ0v) is 12.3. The zero-order chi connectivity index (χ0) is 14.8. The molecule has 1 aromatic carbocycles. The fourth-order valence-electron chi connectivity index (χ4n) is 1.73. The number of methoxy groups -OCH3 is 1.